The summed E-state index contributed by atoms with van der Waals surface area (Å²) in [5.41, 5.74) is 0. The Morgan fingerprint density at radius 2 is 1.71 bits per heavy atom. The Morgan fingerprint density at radius 3 is 1.79 bits per heavy atom. The van der Waals surface area contributed by atoms with Crippen LogP contribution in [0.25, 0.3) is 0 Å². The maximum Gasteiger partial charge on any atom is 0.490 e. The highest BCUT2D eigenvalue weighted by molar-refractivity contribution is 5.73. The maximum atomic E-state index is 10.6. The Balaban J connectivity index is 0.000000140. The number of alkyl halides is 3. The molecule has 3 fully saturated rings. The average Bonchev–Trinajstić information content (AvgIpc) is 2.03. The molecule has 0 aromatic heterocycles. The van der Waals surface area contributed by atoms with Crippen LogP contribution in [0.4, 0.5) is 13.2 Å². The molecule has 0 radical (unpaired) electrons. The van der Waals surface area contributed by atoms with Gasteiger partial charge in [-0.2, -0.15) is 13.2 Å². The largest absolute Gasteiger partial charge is 0.490 e. The highest BCUT2D eigenvalue weighted by atomic mass is 19.4. The molecule has 3 aliphatic rings. The Kier molecular flexibility index (Phi) is 3.33. The monoisotopic (exact) mass is 213 g/mol. The van der Waals surface area contributed by atoms with Crippen LogP contribution in [-0.2, 0) is 9.53 Å². The number of nitrogens with one attached hydrogen (secondary N) is 1. The summed E-state index contributed by atoms with van der Waals surface area (Å²) in [6, 6.07) is 1.41. The fourth-order valence-electron chi connectivity index (χ4n) is 1.24. The van der Waals surface area contributed by atoms with Gasteiger partial charge in [0.1, 0.15) is 0 Å². The van der Waals surface area contributed by atoms with Crippen molar-refractivity contribution in [3.05, 3.63) is 0 Å². The molecule has 2 N–H and O–H groups in total. The molecule has 2 atom stereocenters. The van der Waals surface area contributed by atoms with Gasteiger partial charge in [-0.25, -0.2) is 4.79 Å². The Labute approximate surface area is 78.0 Å². The smallest absolute Gasteiger partial charge is 0.475 e. The van der Waals surface area contributed by atoms with Gasteiger partial charge in [0.25, 0.3) is 0 Å². The van der Waals surface area contributed by atoms with E-state index >= 15 is 0 Å². The Bertz CT molecular complexity index is 199. The van der Waals surface area contributed by atoms with Crippen LogP contribution >= 0.6 is 0 Å². The van der Waals surface area contributed by atoms with Crippen LogP contribution in [0.1, 0.15) is 6.42 Å². The molecule has 0 spiro atoms. The van der Waals surface area contributed by atoms with Crippen LogP contribution in [-0.4, -0.2) is 42.5 Å². The van der Waals surface area contributed by atoms with Crippen LogP contribution < -0.4 is 5.32 Å². The fourth-order valence-corrected chi connectivity index (χ4v) is 1.24. The van der Waals surface area contributed by atoms with E-state index < -0.39 is 12.1 Å². The van der Waals surface area contributed by atoms with Crippen molar-refractivity contribution in [2.24, 2.45) is 0 Å². The fraction of sp³-hybridized carbons (Fsp3) is 0.857. The predicted octanol–water partition coefficient (Wildman–Crippen LogP) is 0.380. The molecule has 3 saturated heterocycles. The molecule has 0 aromatic carbocycles. The Morgan fingerprint density at radius 1 is 1.36 bits per heavy atom. The van der Waals surface area contributed by atoms with Crippen LogP contribution in [0.5, 0.6) is 0 Å². The molecule has 0 aliphatic carbocycles. The second-order valence-electron chi connectivity index (χ2n) is 3.14. The quantitative estimate of drug-likeness (QED) is 0.610. The maximum absolute atomic E-state index is 10.6. The number of carboxylic acids is 1. The van der Waals surface area contributed by atoms with Crippen LogP contribution in [0.2, 0.25) is 0 Å². The van der Waals surface area contributed by atoms with Gasteiger partial charge in [0.15, 0.2) is 0 Å². The number of rotatable bonds is 0. The van der Waals surface area contributed by atoms with Crippen molar-refractivity contribution in [2.45, 2.75) is 24.7 Å². The minimum Gasteiger partial charge on any atom is -0.475 e. The average molecular weight is 213 g/mol. The molecule has 7 heteroatoms. The first kappa shape index (κ1) is 11.3. The van der Waals surface area contributed by atoms with E-state index in [4.69, 9.17) is 14.6 Å². The van der Waals surface area contributed by atoms with E-state index in [0.717, 1.165) is 13.2 Å². The van der Waals surface area contributed by atoms with E-state index in [2.05, 4.69) is 5.32 Å². The van der Waals surface area contributed by atoms with Crippen LogP contribution in [0.15, 0.2) is 0 Å². The molecular weight excluding hydrogens is 203 g/mol. The summed E-state index contributed by atoms with van der Waals surface area (Å²) < 4.78 is 36.9. The zero-order chi connectivity index (χ0) is 10.8. The van der Waals surface area contributed by atoms with Crippen molar-refractivity contribution >= 4 is 5.97 Å². The molecule has 2 bridgehead atoms. The normalized spacial score (nSPS) is 29.6. The minimum atomic E-state index is -5.08. The van der Waals surface area contributed by atoms with Crippen molar-refractivity contribution in [2.75, 3.05) is 13.2 Å². The summed E-state index contributed by atoms with van der Waals surface area (Å²) in [5.74, 6) is -2.76. The second kappa shape index (κ2) is 4.14. The third-order valence-corrected chi connectivity index (χ3v) is 1.92. The van der Waals surface area contributed by atoms with Gasteiger partial charge in [0, 0.05) is 12.1 Å². The van der Waals surface area contributed by atoms with E-state index in [1.807, 2.05) is 0 Å². The lowest BCUT2D eigenvalue weighted by Gasteiger charge is -2.42. The third-order valence-electron chi connectivity index (χ3n) is 1.92. The van der Waals surface area contributed by atoms with E-state index in [9.17, 15) is 13.2 Å². The number of hydrogen-bond donors (Lipinski definition) is 2. The van der Waals surface area contributed by atoms with Gasteiger partial charge in [-0.3, -0.25) is 0 Å². The zero-order valence-electron chi connectivity index (χ0n) is 7.17. The van der Waals surface area contributed by atoms with Crippen molar-refractivity contribution in [1.82, 2.24) is 5.32 Å². The second-order valence-corrected chi connectivity index (χ2v) is 3.14. The lowest BCUT2D eigenvalue weighted by Crippen LogP contribution is -2.60. The third kappa shape index (κ3) is 3.15. The number of aliphatic carboxylic acids is 1. The number of halogens is 3. The first-order chi connectivity index (χ1) is 6.39. The number of ether oxygens (including phenoxy) is 1. The number of fused-ring (bicyclic) bond motifs is 2. The molecule has 0 saturated carbocycles. The Hall–Kier alpha value is -0.820. The van der Waals surface area contributed by atoms with Crippen molar-refractivity contribution in [1.29, 1.82) is 0 Å². The molecule has 0 aromatic rings. The summed E-state index contributed by atoms with van der Waals surface area (Å²) in [6.45, 7) is 1.88. The van der Waals surface area contributed by atoms with Gasteiger partial charge in [-0.05, 0) is 6.42 Å². The molecular formula is C7H10F3NO3. The highest BCUT2D eigenvalue weighted by Gasteiger charge is 2.38. The number of morpholine rings is 1. The van der Waals surface area contributed by atoms with Gasteiger partial charge in [-0.15, -0.1) is 0 Å². The van der Waals surface area contributed by atoms with Gasteiger partial charge in [-0.1, -0.05) is 0 Å². The van der Waals surface area contributed by atoms with Gasteiger partial charge < -0.3 is 15.2 Å². The number of carbonyl (C=O) groups is 1. The summed E-state index contributed by atoms with van der Waals surface area (Å²) >= 11 is 0. The molecule has 3 aliphatic heterocycles. The van der Waals surface area contributed by atoms with Gasteiger partial charge in [0.05, 0.1) is 13.2 Å². The zero-order valence-corrected chi connectivity index (χ0v) is 7.17. The summed E-state index contributed by atoms with van der Waals surface area (Å²) in [7, 11) is 0. The summed E-state index contributed by atoms with van der Waals surface area (Å²) in [6.07, 6.45) is -3.74. The van der Waals surface area contributed by atoms with Crippen molar-refractivity contribution in [3.8, 4) is 0 Å². The van der Waals surface area contributed by atoms with E-state index in [-0.39, 0.29) is 0 Å². The standard InChI is InChI=1S/C5H9NO.C2HF3O2/c1-4-2-7-3-5(1)6-4;3-2(4,5)1(6)7/h4-6H,1-3H2;(H,6,7)/t4-,5+;. The van der Waals surface area contributed by atoms with Crippen LogP contribution in [0, 0.1) is 0 Å². The van der Waals surface area contributed by atoms with Crippen molar-refractivity contribution in [3.63, 3.8) is 0 Å². The lowest BCUT2D eigenvalue weighted by atomic mass is 9.96. The van der Waals surface area contributed by atoms with E-state index in [1.54, 1.807) is 0 Å². The first-order valence-electron chi connectivity index (χ1n) is 4.03. The summed E-state index contributed by atoms with van der Waals surface area (Å²) in [4.78, 5) is 8.90. The molecule has 0 unspecified atom stereocenters. The van der Waals surface area contributed by atoms with E-state index in [1.165, 1.54) is 6.42 Å². The molecule has 4 nitrogen and oxygen atoms in total. The first-order valence-corrected chi connectivity index (χ1v) is 4.03. The van der Waals surface area contributed by atoms with Crippen molar-refractivity contribution < 1.29 is 27.8 Å². The van der Waals surface area contributed by atoms with Crippen LogP contribution in [0.3, 0.4) is 0 Å². The molecule has 3 heterocycles. The SMILES string of the molecule is C1OC[C@H]2C[C@@H]1N2.O=C(O)C(F)(F)F. The summed E-state index contributed by atoms with van der Waals surface area (Å²) in [5, 5.41) is 10.5. The molecule has 3 rings (SSSR count). The number of hydrogen-bond acceptors (Lipinski definition) is 3. The molecule has 14 heavy (non-hydrogen) atoms. The van der Waals surface area contributed by atoms with E-state index in [0.29, 0.717) is 12.1 Å². The van der Waals surface area contributed by atoms with Gasteiger partial charge in [0.2, 0.25) is 0 Å². The molecule has 0 amide bonds. The lowest BCUT2D eigenvalue weighted by molar-refractivity contribution is -0.192. The highest BCUT2D eigenvalue weighted by Crippen LogP contribution is 2.17. The topological polar surface area (TPSA) is 58.6 Å². The number of carboxylic acid groups (broad SMARTS) is 1. The predicted molar refractivity (Wildman–Crippen MR) is 39.8 cm³/mol. The van der Waals surface area contributed by atoms with Gasteiger partial charge >= 0.3 is 12.1 Å². The minimum absolute atomic E-state index is 0.707. The molecule has 82 valence electrons.